The van der Waals surface area contributed by atoms with Crippen molar-refractivity contribution in [2.24, 2.45) is 0 Å². The molecule has 2 aromatic carbocycles. The maximum absolute atomic E-state index is 13.7. The highest BCUT2D eigenvalue weighted by molar-refractivity contribution is 7.89. The topological polar surface area (TPSA) is 81.8 Å². The van der Waals surface area contributed by atoms with Gasteiger partial charge >= 0.3 is 0 Å². The molecule has 0 radical (unpaired) electrons. The molecule has 4 rings (SSSR count). The van der Waals surface area contributed by atoms with Crippen LogP contribution >= 0.6 is 0 Å². The van der Waals surface area contributed by atoms with Gasteiger partial charge in [-0.25, -0.2) is 12.7 Å². The molecule has 8 heteroatoms. The molecule has 2 unspecified atom stereocenters. The van der Waals surface area contributed by atoms with E-state index in [0.29, 0.717) is 23.8 Å². The lowest BCUT2D eigenvalue weighted by Crippen LogP contribution is -2.60. The molecule has 2 fully saturated rings. The highest BCUT2D eigenvalue weighted by Gasteiger charge is 2.49. The molecule has 0 aromatic heterocycles. The van der Waals surface area contributed by atoms with Gasteiger partial charge in [-0.1, -0.05) is 30.3 Å². The van der Waals surface area contributed by atoms with Crippen LogP contribution in [0.5, 0.6) is 0 Å². The summed E-state index contributed by atoms with van der Waals surface area (Å²) in [6, 6.07) is 15.6. The summed E-state index contributed by atoms with van der Waals surface area (Å²) in [6.45, 7) is 3.38. The largest absolute Gasteiger partial charge is 0.385 e. The Morgan fingerprint density at radius 3 is 2.58 bits per heavy atom. The van der Waals surface area contributed by atoms with Crippen molar-refractivity contribution in [3.63, 3.8) is 0 Å². The highest BCUT2D eigenvalue weighted by atomic mass is 32.2. The van der Waals surface area contributed by atoms with Gasteiger partial charge in [-0.3, -0.25) is 9.69 Å². The van der Waals surface area contributed by atoms with Gasteiger partial charge in [-0.2, -0.15) is 0 Å². The molecular weight excluding hydrogens is 436 g/mol. The van der Waals surface area contributed by atoms with Crippen molar-refractivity contribution in [3.8, 4) is 0 Å². The van der Waals surface area contributed by atoms with Crippen LogP contribution in [0.3, 0.4) is 0 Å². The minimum absolute atomic E-state index is 0.117. The molecule has 2 N–H and O–H groups in total. The van der Waals surface area contributed by atoms with Crippen molar-refractivity contribution in [3.05, 3.63) is 59.7 Å². The molecule has 0 aliphatic carbocycles. The number of sulfonamides is 1. The molecule has 7 nitrogen and oxygen atoms in total. The third-order valence-electron chi connectivity index (χ3n) is 6.93. The van der Waals surface area contributed by atoms with E-state index in [1.807, 2.05) is 25.1 Å². The molecule has 178 valence electrons. The molecule has 2 bridgehead atoms. The van der Waals surface area contributed by atoms with E-state index in [2.05, 4.69) is 27.7 Å². The van der Waals surface area contributed by atoms with Crippen LogP contribution < -0.4 is 10.6 Å². The Bertz CT molecular complexity index is 1100. The number of carbonyl (C=O) groups is 1. The number of carbonyl (C=O) groups excluding carboxylic acids is 1. The van der Waals surface area contributed by atoms with E-state index in [4.69, 9.17) is 0 Å². The van der Waals surface area contributed by atoms with E-state index < -0.39 is 15.7 Å². The molecule has 2 saturated heterocycles. The summed E-state index contributed by atoms with van der Waals surface area (Å²) in [6.07, 6.45) is 5.08. The van der Waals surface area contributed by atoms with Crippen LogP contribution in [0.1, 0.15) is 54.9 Å². The number of rotatable bonds is 8. The normalized spacial score (nSPS) is 23.0. The molecule has 2 heterocycles. The molecule has 2 atom stereocenters. The number of nitrogens with one attached hydrogen (secondary N) is 2. The maximum Gasteiger partial charge on any atom is 0.254 e. The van der Waals surface area contributed by atoms with Gasteiger partial charge in [-0.05, 0) is 62.8 Å². The fourth-order valence-electron chi connectivity index (χ4n) is 5.22. The predicted octanol–water partition coefficient (Wildman–Crippen LogP) is 3.64. The molecule has 2 aliphatic heterocycles. The number of amides is 1. The van der Waals surface area contributed by atoms with Crippen molar-refractivity contribution in [2.45, 2.75) is 62.2 Å². The Morgan fingerprint density at radius 2 is 1.88 bits per heavy atom. The molecule has 1 amide bonds. The molecule has 0 saturated carbocycles. The first kappa shape index (κ1) is 23.7. The van der Waals surface area contributed by atoms with Gasteiger partial charge in [0.2, 0.25) is 10.0 Å². The maximum atomic E-state index is 13.7. The van der Waals surface area contributed by atoms with Crippen molar-refractivity contribution in [1.82, 2.24) is 14.5 Å². The minimum Gasteiger partial charge on any atom is -0.385 e. The zero-order valence-corrected chi connectivity index (χ0v) is 20.5. The SMILES string of the molecule is CCNc1ccc(S(=O)(=O)N(C)C)cc1C(=O)NC12CCCC(CC1)N2Cc1ccccc1. The molecule has 33 heavy (non-hydrogen) atoms. The van der Waals surface area contributed by atoms with E-state index in [0.717, 1.165) is 38.6 Å². The number of anilines is 1. The van der Waals surface area contributed by atoms with Gasteiger partial charge in [0.25, 0.3) is 5.91 Å². The van der Waals surface area contributed by atoms with E-state index >= 15 is 0 Å². The third-order valence-corrected chi connectivity index (χ3v) is 8.74. The second kappa shape index (κ2) is 9.44. The van der Waals surface area contributed by atoms with Crippen LogP contribution in [-0.2, 0) is 16.6 Å². The van der Waals surface area contributed by atoms with E-state index in [1.54, 1.807) is 12.1 Å². The summed E-state index contributed by atoms with van der Waals surface area (Å²) >= 11 is 0. The lowest BCUT2D eigenvalue weighted by Gasteiger charge is -2.45. The summed E-state index contributed by atoms with van der Waals surface area (Å²) in [4.78, 5) is 16.2. The first-order valence-electron chi connectivity index (χ1n) is 11.7. The van der Waals surface area contributed by atoms with Gasteiger partial charge in [0.05, 0.1) is 16.1 Å². The monoisotopic (exact) mass is 470 g/mol. The average molecular weight is 471 g/mol. The van der Waals surface area contributed by atoms with Crippen LogP contribution in [0, 0.1) is 0 Å². The lowest BCUT2D eigenvalue weighted by molar-refractivity contribution is 0.0185. The molecule has 0 spiro atoms. The van der Waals surface area contributed by atoms with Crippen LogP contribution in [0.25, 0.3) is 0 Å². The first-order chi connectivity index (χ1) is 15.8. The van der Waals surface area contributed by atoms with Crippen LogP contribution in [0.4, 0.5) is 5.69 Å². The van der Waals surface area contributed by atoms with Crippen molar-refractivity contribution >= 4 is 21.6 Å². The summed E-state index contributed by atoms with van der Waals surface area (Å²) < 4.78 is 26.6. The van der Waals surface area contributed by atoms with Crippen LogP contribution in [0.15, 0.2) is 53.4 Å². The second-order valence-electron chi connectivity index (χ2n) is 9.21. The first-order valence-corrected chi connectivity index (χ1v) is 13.1. The van der Waals surface area contributed by atoms with Gasteiger partial charge in [0.1, 0.15) is 0 Å². The van der Waals surface area contributed by atoms with E-state index in [9.17, 15) is 13.2 Å². The Balaban J connectivity index is 1.66. The summed E-state index contributed by atoms with van der Waals surface area (Å²) in [5.74, 6) is -0.234. The van der Waals surface area contributed by atoms with Crippen molar-refractivity contribution in [1.29, 1.82) is 0 Å². The zero-order chi connectivity index (χ0) is 23.6. The molecular formula is C25H34N4O3S. The lowest BCUT2D eigenvalue weighted by atomic mass is 9.95. The number of hydrogen-bond acceptors (Lipinski definition) is 5. The number of hydrogen-bond donors (Lipinski definition) is 2. The summed E-state index contributed by atoms with van der Waals surface area (Å²) in [5.41, 5.74) is 1.83. The van der Waals surface area contributed by atoms with Crippen molar-refractivity contribution in [2.75, 3.05) is 26.0 Å². The second-order valence-corrected chi connectivity index (χ2v) is 11.4. The van der Waals surface area contributed by atoms with E-state index in [-0.39, 0.29) is 10.8 Å². The Hall–Kier alpha value is -2.42. The zero-order valence-electron chi connectivity index (χ0n) is 19.7. The fraction of sp³-hybridized carbons (Fsp3) is 0.480. The number of piperidine rings is 1. The summed E-state index contributed by atoms with van der Waals surface area (Å²) in [5, 5.41) is 6.57. The highest BCUT2D eigenvalue weighted by Crippen LogP contribution is 2.43. The summed E-state index contributed by atoms with van der Waals surface area (Å²) in [7, 11) is -0.658. The van der Waals surface area contributed by atoms with Gasteiger partial charge in [0, 0.05) is 38.9 Å². The molecule has 2 aliphatic rings. The number of fused-ring (bicyclic) bond motifs is 2. The Morgan fingerprint density at radius 1 is 1.12 bits per heavy atom. The smallest absolute Gasteiger partial charge is 0.254 e. The van der Waals surface area contributed by atoms with Crippen molar-refractivity contribution < 1.29 is 13.2 Å². The Labute approximate surface area is 197 Å². The minimum atomic E-state index is -3.65. The van der Waals surface area contributed by atoms with Crippen LogP contribution in [-0.4, -0.2) is 55.9 Å². The standard InChI is InChI=1S/C25H34N4O3S/c1-4-26-23-13-12-21(33(31,32)28(2)3)17-22(23)24(30)27-25-15-8-11-20(14-16-25)29(25)18-19-9-6-5-7-10-19/h5-7,9-10,12-13,17,20,26H,4,8,11,14-16,18H2,1-3H3,(H,27,30). The van der Waals surface area contributed by atoms with Crippen LogP contribution in [0.2, 0.25) is 0 Å². The average Bonchev–Trinajstić information content (AvgIpc) is 2.97. The predicted molar refractivity (Wildman–Crippen MR) is 131 cm³/mol. The molecule has 2 aromatic rings. The third kappa shape index (κ3) is 4.65. The fourth-order valence-corrected chi connectivity index (χ4v) is 6.14. The number of nitrogens with zero attached hydrogens (tertiary/aromatic N) is 2. The van der Waals surface area contributed by atoms with Gasteiger partial charge in [-0.15, -0.1) is 0 Å². The van der Waals surface area contributed by atoms with E-state index in [1.165, 1.54) is 30.0 Å². The Kier molecular flexibility index (Phi) is 6.79. The van der Waals surface area contributed by atoms with Gasteiger partial charge < -0.3 is 10.6 Å². The van der Waals surface area contributed by atoms with Gasteiger partial charge in [0.15, 0.2) is 0 Å². The quantitative estimate of drug-likeness (QED) is 0.616. The number of benzene rings is 2.